The molecule has 1 amide bonds. The van der Waals surface area contributed by atoms with Crippen LogP contribution in [0.3, 0.4) is 0 Å². The molecule has 1 aliphatic rings. The smallest absolute Gasteiger partial charge is 0.246 e. The molecule has 3 rings (SSSR count). The molecule has 2 N–H and O–H groups in total. The van der Waals surface area contributed by atoms with Gasteiger partial charge in [0.1, 0.15) is 5.75 Å². The standard InChI is InChI=1S/C22H28N4O2.HI/c1-23-22(24-14-8-16-28-19-11-3-2-4-12-19)25-17-21(27)26-15-7-10-18-9-5-6-13-20(18)26;/h2-6,9,11-13H,7-8,10,14-17H2,1H3,(H2,23,24,25);1H. The molecule has 0 fully saturated rings. The van der Waals surface area contributed by atoms with Crippen LogP contribution in [0.5, 0.6) is 5.75 Å². The molecule has 0 saturated carbocycles. The summed E-state index contributed by atoms with van der Waals surface area (Å²) >= 11 is 0. The van der Waals surface area contributed by atoms with Crippen LogP contribution in [0.4, 0.5) is 5.69 Å². The minimum absolute atomic E-state index is 0. The number of nitrogens with one attached hydrogen (secondary N) is 2. The van der Waals surface area contributed by atoms with Crippen LogP contribution in [0.15, 0.2) is 59.6 Å². The van der Waals surface area contributed by atoms with Crippen molar-refractivity contribution in [3.05, 3.63) is 60.2 Å². The van der Waals surface area contributed by atoms with Gasteiger partial charge in [-0.25, -0.2) is 0 Å². The van der Waals surface area contributed by atoms with Crippen molar-refractivity contribution in [2.75, 3.05) is 38.2 Å². The average molecular weight is 508 g/mol. The van der Waals surface area contributed by atoms with E-state index >= 15 is 0 Å². The van der Waals surface area contributed by atoms with Gasteiger partial charge in [0.05, 0.1) is 13.2 Å². The molecule has 0 saturated heterocycles. The molecule has 0 spiro atoms. The molecule has 1 heterocycles. The first kappa shape index (κ1) is 23.0. The number of para-hydroxylation sites is 2. The van der Waals surface area contributed by atoms with E-state index in [1.54, 1.807) is 7.05 Å². The predicted molar refractivity (Wildman–Crippen MR) is 128 cm³/mol. The minimum atomic E-state index is 0. The van der Waals surface area contributed by atoms with E-state index in [1.165, 1.54) is 5.56 Å². The molecule has 156 valence electrons. The summed E-state index contributed by atoms with van der Waals surface area (Å²) in [6.45, 7) is 2.32. The molecular formula is C22H29IN4O2. The van der Waals surface area contributed by atoms with Gasteiger partial charge in [-0.05, 0) is 43.0 Å². The number of guanidine groups is 1. The highest BCUT2D eigenvalue weighted by Crippen LogP contribution is 2.26. The lowest BCUT2D eigenvalue weighted by molar-refractivity contribution is -0.117. The first-order chi connectivity index (χ1) is 13.8. The molecule has 1 aliphatic heterocycles. The van der Waals surface area contributed by atoms with Crippen molar-refractivity contribution in [2.24, 2.45) is 4.99 Å². The summed E-state index contributed by atoms with van der Waals surface area (Å²) in [6.07, 6.45) is 2.86. The van der Waals surface area contributed by atoms with Gasteiger partial charge in [-0.3, -0.25) is 9.79 Å². The highest BCUT2D eigenvalue weighted by molar-refractivity contribution is 14.0. The van der Waals surface area contributed by atoms with Crippen molar-refractivity contribution < 1.29 is 9.53 Å². The number of nitrogens with zero attached hydrogens (tertiary/aromatic N) is 2. The number of carbonyl (C=O) groups excluding carboxylic acids is 1. The summed E-state index contributed by atoms with van der Waals surface area (Å²) in [7, 11) is 1.70. The number of hydrogen-bond donors (Lipinski definition) is 2. The fourth-order valence-electron chi connectivity index (χ4n) is 3.25. The first-order valence-electron chi connectivity index (χ1n) is 9.78. The number of fused-ring (bicyclic) bond motifs is 1. The van der Waals surface area contributed by atoms with E-state index in [1.807, 2.05) is 53.4 Å². The Morgan fingerprint density at radius 1 is 1.10 bits per heavy atom. The molecule has 29 heavy (non-hydrogen) atoms. The van der Waals surface area contributed by atoms with Crippen molar-refractivity contribution in [3.63, 3.8) is 0 Å². The maximum Gasteiger partial charge on any atom is 0.246 e. The molecule has 2 aromatic rings. The molecule has 0 radical (unpaired) electrons. The second kappa shape index (κ2) is 12.3. The Bertz CT molecular complexity index is 798. The van der Waals surface area contributed by atoms with Crippen LogP contribution in [0.1, 0.15) is 18.4 Å². The Balaban J connectivity index is 0.00000300. The largest absolute Gasteiger partial charge is 0.494 e. The lowest BCUT2D eigenvalue weighted by Crippen LogP contribution is -2.46. The van der Waals surface area contributed by atoms with E-state index in [-0.39, 0.29) is 36.4 Å². The Morgan fingerprint density at radius 3 is 2.66 bits per heavy atom. The van der Waals surface area contributed by atoms with E-state index in [0.717, 1.165) is 37.2 Å². The predicted octanol–water partition coefficient (Wildman–Crippen LogP) is 3.22. The van der Waals surface area contributed by atoms with E-state index in [2.05, 4.69) is 21.7 Å². The van der Waals surface area contributed by atoms with E-state index < -0.39 is 0 Å². The molecule has 2 aromatic carbocycles. The molecule has 6 nitrogen and oxygen atoms in total. The molecule has 0 unspecified atom stereocenters. The van der Waals surface area contributed by atoms with Gasteiger partial charge in [0.25, 0.3) is 0 Å². The summed E-state index contributed by atoms with van der Waals surface area (Å²) in [6, 6.07) is 17.9. The fraction of sp³-hybridized carbons (Fsp3) is 0.364. The topological polar surface area (TPSA) is 66.0 Å². The Kier molecular flexibility index (Phi) is 9.76. The van der Waals surface area contributed by atoms with Gasteiger partial charge >= 0.3 is 0 Å². The Hall–Kier alpha value is -2.29. The second-order valence-corrected chi connectivity index (χ2v) is 6.65. The third-order valence-corrected chi connectivity index (χ3v) is 4.67. The number of aryl methyl sites for hydroxylation is 1. The number of halogens is 1. The number of benzene rings is 2. The maximum atomic E-state index is 12.7. The van der Waals surface area contributed by atoms with Crippen LogP contribution >= 0.6 is 24.0 Å². The zero-order valence-corrected chi connectivity index (χ0v) is 19.1. The van der Waals surface area contributed by atoms with E-state index in [4.69, 9.17) is 4.74 Å². The summed E-state index contributed by atoms with van der Waals surface area (Å²) in [5, 5.41) is 6.33. The number of carbonyl (C=O) groups is 1. The Labute approximate surface area is 189 Å². The zero-order valence-electron chi connectivity index (χ0n) is 16.8. The molecule has 0 aromatic heterocycles. The number of amides is 1. The molecular weight excluding hydrogens is 479 g/mol. The second-order valence-electron chi connectivity index (χ2n) is 6.65. The van der Waals surface area contributed by atoms with Gasteiger partial charge in [0.2, 0.25) is 5.91 Å². The van der Waals surface area contributed by atoms with Crippen LogP contribution in [0.2, 0.25) is 0 Å². The van der Waals surface area contributed by atoms with Gasteiger partial charge in [-0.15, -0.1) is 24.0 Å². The molecule has 0 atom stereocenters. The monoisotopic (exact) mass is 508 g/mol. The van der Waals surface area contributed by atoms with Gasteiger partial charge in [0.15, 0.2) is 5.96 Å². The van der Waals surface area contributed by atoms with Crippen molar-refractivity contribution in [2.45, 2.75) is 19.3 Å². The SMILES string of the molecule is CN=C(NCCCOc1ccccc1)NCC(=O)N1CCCc2ccccc21.I. The zero-order chi connectivity index (χ0) is 19.6. The lowest BCUT2D eigenvalue weighted by Gasteiger charge is -2.29. The van der Waals surface area contributed by atoms with Crippen molar-refractivity contribution in [1.82, 2.24) is 10.6 Å². The van der Waals surface area contributed by atoms with E-state index in [9.17, 15) is 4.79 Å². The highest BCUT2D eigenvalue weighted by atomic mass is 127. The minimum Gasteiger partial charge on any atom is -0.494 e. The van der Waals surface area contributed by atoms with Crippen molar-refractivity contribution >= 4 is 41.5 Å². The maximum absolute atomic E-state index is 12.7. The summed E-state index contributed by atoms with van der Waals surface area (Å²) in [5.41, 5.74) is 2.27. The Morgan fingerprint density at radius 2 is 1.86 bits per heavy atom. The van der Waals surface area contributed by atoms with Crippen LogP contribution in [0, 0.1) is 0 Å². The number of aliphatic imine (C=N–C) groups is 1. The normalized spacial score (nSPS) is 13.1. The van der Waals surface area contributed by atoms with Crippen LogP contribution in [-0.4, -0.2) is 45.2 Å². The van der Waals surface area contributed by atoms with Crippen LogP contribution in [-0.2, 0) is 11.2 Å². The van der Waals surface area contributed by atoms with Gasteiger partial charge in [0, 0.05) is 25.8 Å². The first-order valence-corrected chi connectivity index (χ1v) is 9.78. The third-order valence-electron chi connectivity index (χ3n) is 4.67. The van der Waals surface area contributed by atoms with E-state index in [0.29, 0.717) is 19.1 Å². The van der Waals surface area contributed by atoms with Gasteiger partial charge < -0.3 is 20.3 Å². The van der Waals surface area contributed by atoms with Gasteiger partial charge in [-0.1, -0.05) is 36.4 Å². The van der Waals surface area contributed by atoms with Crippen molar-refractivity contribution in [3.8, 4) is 5.75 Å². The lowest BCUT2D eigenvalue weighted by atomic mass is 10.0. The number of ether oxygens (including phenoxy) is 1. The summed E-state index contributed by atoms with van der Waals surface area (Å²) in [5.74, 6) is 1.55. The molecule has 0 bridgehead atoms. The fourth-order valence-corrected chi connectivity index (χ4v) is 3.25. The molecule has 7 heteroatoms. The van der Waals surface area contributed by atoms with Crippen molar-refractivity contribution in [1.29, 1.82) is 0 Å². The quantitative estimate of drug-likeness (QED) is 0.261. The average Bonchev–Trinajstić information content (AvgIpc) is 2.75. The summed E-state index contributed by atoms with van der Waals surface area (Å²) in [4.78, 5) is 18.7. The summed E-state index contributed by atoms with van der Waals surface area (Å²) < 4.78 is 5.67. The third kappa shape index (κ3) is 6.92. The highest BCUT2D eigenvalue weighted by Gasteiger charge is 2.21. The number of anilines is 1. The van der Waals surface area contributed by atoms with Crippen LogP contribution in [0.25, 0.3) is 0 Å². The number of rotatable bonds is 7. The molecule has 0 aliphatic carbocycles. The number of hydrogen-bond acceptors (Lipinski definition) is 3. The van der Waals surface area contributed by atoms with Crippen LogP contribution < -0.4 is 20.3 Å². The van der Waals surface area contributed by atoms with Gasteiger partial charge in [-0.2, -0.15) is 0 Å².